The number of anilines is 1. The Balaban J connectivity index is 1.62. The van der Waals surface area contributed by atoms with E-state index in [1.807, 2.05) is 30.0 Å². The monoisotopic (exact) mass is 431 g/mol. The second kappa shape index (κ2) is 9.16. The molecule has 1 atom stereocenters. The molecule has 164 valence electrons. The lowest BCUT2D eigenvalue weighted by Crippen LogP contribution is -2.51. The van der Waals surface area contributed by atoms with Gasteiger partial charge in [0.2, 0.25) is 11.8 Å². The van der Waals surface area contributed by atoms with Gasteiger partial charge in [-0.25, -0.2) is 15.0 Å². The van der Waals surface area contributed by atoms with Crippen LogP contribution in [0.5, 0.6) is 5.88 Å². The van der Waals surface area contributed by atoms with Gasteiger partial charge in [-0.2, -0.15) is 5.26 Å². The number of nitrogens with one attached hydrogen (secondary N) is 1. The lowest BCUT2D eigenvalue weighted by Gasteiger charge is -2.34. The standard InChI is InChI=1S/C23H25N7O2/c1-15(23(31)30-8-6-29(2)7-9-30)28-21-19-11-16(4-5-20(19)26-14-27-21)18-10-17(12-24)22(32-3)25-13-18/h4-5,10-11,13-15H,6-9H2,1-3H3,(H,26,27,28)/t15-/m0/s1. The molecule has 9 nitrogen and oxygen atoms in total. The Bertz CT molecular complexity index is 1180. The van der Waals surface area contributed by atoms with Gasteiger partial charge in [0.1, 0.15) is 29.8 Å². The molecule has 2 aromatic heterocycles. The first-order chi connectivity index (χ1) is 15.5. The minimum atomic E-state index is -0.423. The fourth-order valence-electron chi connectivity index (χ4n) is 3.77. The number of piperazine rings is 1. The zero-order chi connectivity index (χ0) is 22.7. The summed E-state index contributed by atoms with van der Waals surface area (Å²) in [5.74, 6) is 0.937. The molecule has 1 saturated heterocycles. The van der Waals surface area contributed by atoms with Crippen LogP contribution in [0.3, 0.4) is 0 Å². The molecule has 32 heavy (non-hydrogen) atoms. The molecule has 1 aliphatic rings. The summed E-state index contributed by atoms with van der Waals surface area (Å²) in [6.45, 7) is 5.05. The molecule has 1 aliphatic heterocycles. The van der Waals surface area contributed by atoms with Crippen molar-refractivity contribution in [2.75, 3.05) is 45.7 Å². The minimum Gasteiger partial charge on any atom is -0.480 e. The first-order valence-corrected chi connectivity index (χ1v) is 10.4. The molecular weight excluding hydrogens is 406 g/mol. The average molecular weight is 432 g/mol. The second-order valence-electron chi connectivity index (χ2n) is 7.84. The topological polar surface area (TPSA) is 107 Å². The number of rotatable bonds is 5. The number of hydrogen-bond acceptors (Lipinski definition) is 8. The van der Waals surface area contributed by atoms with E-state index >= 15 is 0 Å². The maximum atomic E-state index is 12.9. The van der Waals surface area contributed by atoms with Crippen molar-refractivity contribution in [1.29, 1.82) is 5.26 Å². The molecule has 4 rings (SSSR count). The van der Waals surface area contributed by atoms with Crippen LogP contribution < -0.4 is 10.1 Å². The molecule has 1 fully saturated rings. The van der Waals surface area contributed by atoms with Crippen molar-refractivity contribution in [3.63, 3.8) is 0 Å². The van der Waals surface area contributed by atoms with E-state index < -0.39 is 6.04 Å². The predicted octanol–water partition coefficient (Wildman–Crippen LogP) is 2.15. The molecule has 3 aromatic rings. The largest absolute Gasteiger partial charge is 0.480 e. The van der Waals surface area contributed by atoms with E-state index in [1.165, 1.54) is 13.4 Å². The maximum Gasteiger partial charge on any atom is 0.244 e. The maximum absolute atomic E-state index is 12.9. The fraction of sp³-hybridized carbons (Fsp3) is 0.348. The lowest BCUT2D eigenvalue weighted by atomic mass is 10.0. The summed E-state index contributed by atoms with van der Waals surface area (Å²) in [6, 6.07) is 9.17. The van der Waals surface area contributed by atoms with Crippen molar-refractivity contribution in [2.45, 2.75) is 13.0 Å². The number of methoxy groups -OCH3 is 1. The van der Waals surface area contributed by atoms with E-state index in [-0.39, 0.29) is 5.91 Å². The molecule has 9 heteroatoms. The van der Waals surface area contributed by atoms with Gasteiger partial charge < -0.3 is 19.9 Å². The second-order valence-corrected chi connectivity index (χ2v) is 7.84. The molecule has 1 aromatic carbocycles. The highest BCUT2D eigenvalue weighted by Crippen LogP contribution is 2.29. The Morgan fingerprint density at radius 2 is 1.94 bits per heavy atom. The van der Waals surface area contributed by atoms with Gasteiger partial charge in [-0.3, -0.25) is 4.79 Å². The van der Waals surface area contributed by atoms with Gasteiger partial charge in [0.25, 0.3) is 0 Å². The van der Waals surface area contributed by atoms with Gasteiger partial charge in [0.05, 0.1) is 12.6 Å². The van der Waals surface area contributed by atoms with E-state index in [4.69, 9.17) is 4.74 Å². The van der Waals surface area contributed by atoms with Gasteiger partial charge in [-0.15, -0.1) is 0 Å². The SMILES string of the molecule is COc1ncc(-c2ccc3ncnc(N[C@@H](C)C(=O)N4CCN(C)CC4)c3c2)cc1C#N. The summed E-state index contributed by atoms with van der Waals surface area (Å²) in [5, 5.41) is 13.4. The van der Waals surface area contributed by atoms with E-state index in [0.29, 0.717) is 17.3 Å². The summed E-state index contributed by atoms with van der Waals surface area (Å²) in [6.07, 6.45) is 3.15. The fourth-order valence-corrected chi connectivity index (χ4v) is 3.77. The lowest BCUT2D eigenvalue weighted by molar-refractivity contribution is -0.133. The molecule has 3 heterocycles. The number of nitriles is 1. The highest BCUT2D eigenvalue weighted by molar-refractivity contribution is 5.94. The normalized spacial score (nSPS) is 15.2. The Morgan fingerprint density at radius 3 is 2.66 bits per heavy atom. The van der Waals surface area contributed by atoms with E-state index in [1.54, 1.807) is 12.3 Å². The molecule has 1 amide bonds. The summed E-state index contributed by atoms with van der Waals surface area (Å²) in [4.78, 5) is 30.0. The molecule has 0 aliphatic carbocycles. The summed E-state index contributed by atoms with van der Waals surface area (Å²) < 4.78 is 5.14. The highest BCUT2D eigenvalue weighted by atomic mass is 16.5. The summed E-state index contributed by atoms with van der Waals surface area (Å²) in [7, 11) is 3.55. The first kappa shape index (κ1) is 21.5. The van der Waals surface area contributed by atoms with Crippen LogP contribution in [0.2, 0.25) is 0 Å². The molecule has 0 radical (unpaired) electrons. The number of ether oxygens (including phenoxy) is 1. The van der Waals surface area contributed by atoms with Crippen molar-refractivity contribution in [2.24, 2.45) is 0 Å². The van der Waals surface area contributed by atoms with Crippen molar-refractivity contribution < 1.29 is 9.53 Å². The Kier molecular flexibility index (Phi) is 6.14. The minimum absolute atomic E-state index is 0.0547. The van der Waals surface area contributed by atoms with E-state index in [0.717, 1.165) is 48.2 Å². The number of aromatic nitrogens is 3. The van der Waals surface area contributed by atoms with Crippen molar-refractivity contribution in [3.05, 3.63) is 42.4 Å². The molecule has 0 unspecified atom stereocenters. The number of likely N-dealkylation sites (N-methyl/N-ethyl adjacent to an activating group) is 1. The number of pyridine rings is 1. The van der Waals surface area contributed by atoms with Crippen LogP contribution in [0.15, 0.2) is 36.8 Å². The third-order valence-electron chi connectivity index (χ3n) is 5.67. The third kappa shape index (κ3) is 4.31. The highest BCUT2D eigenvalue weighted by Gasteiger charge is 2.24. The number of amides is 1. The summed E-state index contributed by atoms with van der Waals surface area (Å²) in [5.41, 5.74) is 2.76. The van der Waals surface area contributed by atoms with Crippen LogP contribution in [-0.4, -0.2) is 77.0 Å². The molecule has 0 saturated carbocycles. The van der Waals surface area contributed by atoms with Crippen molar-refractivity contribution in [1.82, 2.24) is 24.8 Å². The number of nitrogens with zero attached hydrogens (tertiary/aromatic N) is 6. The zero-order valence-electron chi connectivity index (χ0n) is 18.4. The van der Waals surface area contributed by atoms with Crippen molar-refractivity contribution in [3.8, 4) is 23.1 Å². The van der Waals surface area contributed by atoms with Crippen LogP contribution >= 0.6 is 0 Å². The van der Waals surface area contributed by atoms with E-state index in [2.05, 4.69) is 38.3 Å². The average Bonchev–Trinajstić information content (AvgIpc) is 2.83. The Hall–Kier alpha value is -3.77. The van der Waals surface area contributed by atoms with Crippen LogP contribution in [-0.2, 0) is 4.79 Å². The van der Waals surface area contributed by atoms with Crippen LogP contribution in [0, 0.1) is 11.3 Å². The molecule has 0 spiro atoms. The van der Waals surface area contributed by atoms with Gasteiger partial charge >= 0.3 is 0 Å². The van der Waals surface area contributed by atoms with Crippen LogP contribution in [0.4, 0.5) is 5.82 Å². The zero-order valence-corrected chi connectivity index (χ0v) is 18.4. The quantitative estimate of drug-likeness (QED) is 0.655. The number of benzene rings is 1. The number of fused-ring (bicyclic) bond motifs is 1. The van der Waals surface area contributed by atoms with Gasteiger partial charge in [-0.1, -0.05) is 6.07 Å². The molecule has 1 N–H and O–H groups in total. The molecular formula is C23H25N7O2. The Labute approximate surface area is 186 Å². The van der Waals surface area contributed by atoms with Gasteiger partial charge in [0, 0.05) is 43.3 Å². The number of carbonyl (C=O) groups is 1. The smallest absolute Gasteiger partial charge is 0.244 e. The van der Waals surface area contributed by atoms with Crippen molar-refractivity contribution >= 4 is 22.6 Å². The molecule has 0 bridgehead atoms. The number of hydrogen-bond donors (Lipinski definition) is 1. The van der Waals surface area contributed by atoms with Gasteiger partial charge in [0.15, 0.2) is 0 Å². The van der Waals surface area contributed by atoms with Crippen LogP contribution in [0.25, 0.3) is 22.0 Å². The van der Waals surface area contributed by atoms with E-state index in [9.17, 15) is 10.1 Å². The van der Waals surface area contributed by atoms with Gasteiger partial charge in [-0.05, 0) is 37.7 Å². The summed E-state index contributed by atoms with van der Waals surface area (Å²) >= 11 is 0. The number of carbonyl (C=O) groups excluding carboxylic acids is 1. The first-order valence-electron chi connectivity index (χ1n) is 10.4. The predicted molar refractivity (Wildman–Crippen MR) is 121 cm³/mol. The Morgan fingerprint density at radius 1 is 1.16 bits per heavy atom. The van der Waals surface area contributed by atoms with Crippen LogP contribution in [0.1, 0.15) is 12.5 Å². The third-order valence-corrected chi connectivity index (χ3v) is 5.67.